The molecule has 0 radical (unpaired) electrons. The summed E-state index contributed by atoms with van der Waals surface area (Å²) >= 11 is 0. The fourth-order valence-corrected chi connectivity index (χ4v) is 3.12. The molecule has 2 rings (SSSR count). The van der Waals surface area contributed by atoms with E-state index in [0.717, 1.165) is 10.8 Å². The highest BCUT2D eigenvalue weighted by Gasteiger charge is 2.27. The average Bonchev–Trinajstić information content (AvgIpc) is 2.52. The Hall–Kier alpha value is -2.16. The molecule has 0 fully saturated rings. The zero-order chi connectivity index (χ0) is 17.1. The molecular formula is C20H25NO2. The van der Waals surface area contributed by atoms with Gasteiger partial charge in [-0.05, 0) is 44.5 Å². The third kappa shape index (κ3) is 3.29. The summed E-state index contributed by atoms with van der Waals surface area (Å²) in [6.45, 7) is 9.85. The van der Waals surface area contributed by atoms with E-state index in [9.17, 15) is 9.59 Å². The van der Waals surface area contributed by atoms with Crippen LogP contribution in [-0.4, -0.2) is 28.7 Å². The van der Waals surface area contributed by atoms with Gasteiger partial charge in [-0.3, -0.25) is 9.59 Å². The minimum absolute atomic E-state index is 0.00608. The first-order valence-electron chi connectivity index (χ1n) is 8.26. The van der Waals surface area contributed by atoms with Crippen molar-refractivity contribution in [3.63, 3.8) is 0 Å². The molecule has 1 amide bonds. The van der Waals surface area contributed by atoms with E-state index in [2.05, 4.69) is 0 Å². The van der Waals surface area contributed by atoms with E-state index in [0.29, 0.717) is 17.5 Å². The van der Waals surface area contributed by atoms with Crippen LogP contribution in [-0.2, 0) is 0 Å². The first-order valence-corrected chi connectivity index (χ1v) is 8.26. The lowest BCUT2D eigenvalue weighted by molar-refractivity contribution is 0.0642. The van der Waals surface area contributed by atoms with Gasteiger partial charge >= 0.3 is 0 Å². The zero-order valence-electron chi connectivity index (χ0n) is 14.6. The summed E-state index contributed by atoms with van der Waals surface area (Å²) in [6, 6.07) is 11.6. The quantitative estimate of drug-likeness (QED) is 0.751. The molecule has 0 aliphatic carbocycles. The average molecular weight is 311 g/mol. The Morgan fingerprint density at radius 2 is 1.57 bits per heavy atom. The van der Waals surface area contributed by atoms with Gasteiger partial charge in [-0.1, -0.05) is 37.3 Å². The Balaban J connectivity index is 2.73. The highest BCUT2D eigenvalue weighted by molar-refractivity contribution is 6.16. The third-order valence-corrected chi connectivity index (χ3v) is 4.11. The van der Waals surface area contributed by atoms with Crippen LogP contribution in [0, 0.1) is 0 Å². The monoisotopic (exact) mass is 311 g/mol. The highest BCUT2D eigenvalue weighted by Crippen LogP contribution is 2.26. The molecule has 0 spiro atoms. The first-order chi connectivity index (χ1) is 10.9. The summed E-state index contributed by atoms with van der Waals surface area (Å²) < 4.78 is 0. The van der Waals surface area contributed by atoms with E-state index in [4.69, 9.17) is 0 Å². The minimum atomic E-state index is -0.0661. The van der Waals surface area contributed by atoms with Crippen molar-refractivity contribution in [1.82, 2.24) is 4.90 Å². The number of hydrogen-bond donors (Lipinski definition) is 0. The highest BCUT2D eigenvalue weighted by atomic mass is 16.2. The molecule has 0 aliphatic heterocycles. The second-order valence-corrected chi connectivity index (χ2v) is 6.39. The van der Waals surface area contributed by atoms with Crippen molar-refractivity contribution in [3.05, 3.63) is 47.5 Å². The Morgan fingerprint density at radius 1 is 0.957 bits per heavy atom. The number of Topliss-reactive ketones (excluding diaryl/α,β-unsaturated/α-hetero) is 1. The molecule has 2 aromatic rings. The smallest absolute Gasteiger partial charge is 0.255 e. The van der Waals surface area contributed by atoms with Crippen molar-refractivity contribution in [3.8, 4) is 0 Å². The van der Waals surface area contributed by atoms with Gasteiger partial charge in [-0.15, -0.1) is 0 Å². The van der Waals surface area contributed by atoms with Crippen LogP contribution in [0.3, 0.4) is 0 Å². The van der Waals surface area contributed by atoms with Crippen molar-refractivity contribution in [2.45, 2.75) is 53.1 Å². The first kappa shape index (κ1) is 17.2. The predicted octanol–water partition coefficient (Wildman–Crippen LogP) is 4.69. The SMILES string of the molecule is CCC(=O)c1ccc2ccccc2c1C(=O)N(C(C)C)C(C)C. The minimum Gasteiger partial charge on any atom is -0.334 e. The van der Waals surface area contributed by atoms with Crippen molar-refractivity contribution in [2.24, 2.45) is 0 Å². The summed E-state index contributed by atoms with van der Waals surface area (Å²) in [4.78, 5) is 27.5. The Labute approximate surface area is 138 Å². The third-order valence-electron chi connectivity index (χ3n) is 4.11. The fraction of sp³-hybridized carbons (Fsp3) is 0.400. The van der Waals surface area contributed by atoms with Crippen LogP contribution in [0.15, 0.2) is 36.4 Å². The van der Waals surface area contributed by atoms with E-state index >= 15 is 0 Å². The molecule has 0 unspecified atom stereocenters. The maximum Gasteiger partial charge on any atom is 0.255 e. The largest absolute Gasteiger partial charge is 0.334 e. The lowest BCUT2D eigenvalue weighted by atomic mass is 9.94. The molecule has 23 heavy (non-hydrogen) atoms. The molecule has 3 heteroatoms. The standard InChI is InChI=1S/C20H25NO2/c1-6-18(22)17-12-11-15-9-7-8-10-16(15)19(17)20(23)21(13(2)3)14(4)5/h7-14H,6H2,1-5H3. The lowest BCUT2D eigenvalue weighted by Crippen LogP contribution is -2.42. The Morgan fingerprint density at radius 3 is 2.13 bits per heavy atom. The molecule has 3 nitrogen and oxygen atoms in total. The predicted molar refractivity (Wildman–Crippen MR) is 95.0 cm³/mol. The van der Waals surface area contributed by atoms with Crippen LogP contribution in [0.1, 0.15) is 61.8 Å². The van der Waals surface area contributed by atoms with Crippen molar-refractivity contribution in [2.75, 3.05) is 0 Å². The lowest BCUT2D eigenvalue weighted by Gasteiger charge is -2.31. The maximum atomic E-state index is 13.3. The number of fused-ring (bicyclic) bond motifs is 1. The number of benzene rings is 2. The van der Waals surface area contributed by atoms with Gasteiger partial charge in [0.15, 0.2) is 5.78 Å². The Bertz CT molecular complexity index is 723. The second kappa shape index (κ2) is 6.95. The molecule has 2 aromatic carbocycles. The molecule has 0 atom stereocenters. The molecule has 0 aliphatic rings. The van der Waals surface area contributed by atoms with Gasteiger partial charge in [0.2, 0.25) is 0 Å². The summed E-state index contributed by atoms with van der Waals surface area (Å²) in [5.41, 5.74) is 1.07. The number of hydrogen-bond acceptors (Lipinski definition) is 2. The molecule has 0 saturated carbocycles. The molecule has 0 N–H and O–H groups in total. The number of ketones is 1. The summed E-state index contributed by atoms with van der Waals surface area (Å²) in [5, 5.41) is 1.83. The zero-order valence-corrected chi connectivity index (χ0v) is 14.6. The molecule has 122 valence electrons. The van der Waals surface area contributed by atoms with Crippen LogP contribution < -0.4 is 0 Å². The van der Waals surface area contributed by atoms with Crippen LogP contribution in [0.4, 0.5) is 0 Å². The fourth-order valence-electron chi connectivity index (χ4n) is 3.12. The van der Waals surface area contributed by atoms with Crippen molar-refractivity contribution >= 4 is 22.5 Å². The van der Waals surface area contributed by atoms with Gasteiger partial charge in [0.1, 0.15) is 0 Å². The number of nitrogens with zero attached hydrogens (tertiary/aromatic N) is 1. The molecule has 0 bridgehead atoms. The van der Waals surface area contributed by atoms with Crippen LogP contribution in [0.2, 0.25) is 0 Å². The van der Waals surface area contributed by atoms with Gasteiger partial charge < -0.3 is 4.90 Å². The van der Waals surface area contributed by atoms with Gasteiger partial charge in [0.05, 0.1) is 5.56 Å². The van der Waals surface area contributed by atoms with Crippen molar-refractivity contribution in [1.29, 1.82) is 0 Å². The Kier molecular flexibility index (Phi) is 5.19. The van der Waals surface area contributed by atoms with E-state index < -0.39 is 0 Å². The van der Waals surface area contributed by atoms with Gasteiger partial charge in [-0.25, -0.2) is 0 Å². The normalized spacial score (nSPS) is 11.3. The van der Waals surface area contributed by atoms with Gasteiger partial charge in [-0.2, -0.15) is 0 Å². The van der Waals surface area contributed by atoms with E-state index in [1.807, 2.05) is 69.9 Å². The van der Waals surface area contributed by atoms with Gasteiger partial charge in [0, 0.05) is 24.1 Å². The summed E-state index contributed by atoms with van der Waals surface area (Å²) in [7, 11) is 0. The van der Waals surface area contributed by atoms with E-state index in [-0.39, 0.29) is 23.8 Å². The summed E-state index contributed by atoms with van der Waals surface area (Å²) in [5.74, 6) is -0.0600. The van der Waals surface area contributed by atoms with E-state index in [1.54, 1.807) is 6.07 Å². The number of rotatable bonds is 5. The number of carbonyl (C=O) groups excluding carboxylic acids is 2. The number of amides is 1. The van der Waals surface area contributed by atoms with Crippen molar-refractivity contribution < 1.29 is 9.59 Å². The molecule has 0 heterocycles. The van der Waals surface area contributed by atoms with Gasteiger partial charge in [0.25, 0.3) is 5.91 Å². The second-order valence-electron chi connectivity index (χ2n) is 6.39. The van der Waals surface area contributed by atoms with Crippen LogP contribution in [0.5, 0.6) is 0 Å². The van der Waals surface area contributed by atoms with Crippen LogP contribution >= 0.6 is 0 Å². The summed E-state index contributed by atoms with van der Waals surface area (Å²) in [6.07, 6.45) is 0.391. The molecular weight excluding hydrogens is 286 g/mol. The molecule has 0 saturated heterocycles. The number of carbonyl (C=O) groups is 2. The van der Waals surface area contributed by atoms with E-state index in [1.165, 1.54) is 0 Å². The topological polar surface area (TPSA) is 37.4 Å². The molecule has 0 aromatic heterocycles. The van der Waals surface area contributed by atoms with Crippen LogP contribution in [0.25, 0.3) is 10.8 Å². The maximum absolute atomic E-state index is 13.3.